The van der Waals surface area contributed by atoms with Gasteiger partial charge in [-0.2, -0.15) is 0 Å². The lowest BCUT2D eigenvalue weighted by Crippen LogP contribution is -2.37. The van der Waals surface area contributed by atoms with Gasteiger partial charge in [-0.05, 0) is 36.8 Å². The van der Waals surface area contributed by atoms with Gasteiger partial charge in [0.05, 0.1) is 23.3 Å². The van der Waals surface area contributed by atoms with E-state index in [1.807, 2.05) is 0 Å². The lowest BCUT2D eigenvalue weighted by Gasteiger charge is -2.32. The van der Waals surface area contributed by atoms with E-state index in [1.54, 1.807) is 6.07 Å². The Bertz CT molecular complexity index is 813. The van der Waals surface area contributed by atoms with Crippen molar-refractivity contribution in [2.75, 3.05) is 18.6 Å². The molecule has 0 bridgehead atoms. The van der Waals surface area contributed by atoms with Crippen molar-refractivity contribution in [2.24, 2.45) is 0 Å². The molecule has 2 aromatic carbocycles. The monoisotopic (exact) mass is 369 g/mol. The van der Waals surface area contributed by atoms with Gasteiger partial charge in [0.1, 0.15) is 11.4 Å². The Morgan fingerprint density at radius 3 is 2.71 bits per heavy atom. The quantitative estimate of drug-likeness (QED) is 0.861. The van der Waals surface area contributed by atoms with E-state index in [9.17, 15) is 14.3 Å². The highest BCUT2D eigenvalue weighted by Crippen LogP contribution is 2.39. The van der Waals surface area contributed by atoms with Gasteiger partial charge in [-0.25, -0.2) is 4.39 Å². The van der Waals surface area contributed by atoms with E-state index in [0.717, 1.165) is 0 Å². The van der Waals surface area contributed by atoms with Gasteiger partial charge in [-0.15, -0.1) is 0 Å². The summed E-state index contributed by atoms with van der Waals surface area (Å²) in [5.41, 5.74) is 0.947. The Balaban J connectivity index is 2.10. The summed E-state index contributed by atoms with van der Waals surface area (Å²) < 4.78 is 18.7. The molecule has 1 atom stereocenters. The third kappa shape index (κ3) is 2.83. The van der Waals surface area contributed by atoms with Gasteiger partial charge in [0.25, 0.3) is 5.91 Å². The summed E-state index contributed by atoms with van der Waals surface area (Å²) >= 11 is 12.3. The second kappa shape index (κ2) is 6.59. The summed E-state index contributed by atoms with van der Waals surface area (Å²) in [5, 5.41) is 10.5. The largest absolute Gasteiger partial charge is 0.494 e. The zero-order valence-electron chi connectivity index (χ0n) is 12.7. The van der Waals surface area contributed by atoms with Crippen LogP contribution in [0.15, 0.2) is 30.3 Å². The Hall–Kier alpha value is -1.82. The number of anilines is 1. The van der Waals surface area contributed by atoms with E-state index < -0.39 is 17.8 Å². The molecule has 1 unspecified atom stereocenters. The highest BCUT2D eigenvalue weighted by Gasteiger charge is 2.31. The number of hydrogen-bond donors (Lipinski definition) is 1. The maximum atomic E-state index is 13.5. The van der Waals surface area contributed by atoms with E-state index in [1.165, 1.54) is 36.3 Å². The summed E-state index contributed by atoms with van der Waals surface area (Å²) in [6, 6.07) is 7.01. The molecule has 7 heteroatoms. The zero-order chi connectivity index (χ0) is 17.4. The number of carbonyl (C=O) groups excluding carboxylic acids is 1. The fourth-order valence-electron chi connectivity index (χ4n) is 2.84. The average Bonchev–Trinajstić information content (AvgIpc) is 2.57. The third-order valence-electron chi connectivity index (χ3n) is 3.99. The van der Waals surface area contributed by atoms with E-state index in [-0.39, 0.29) is 27.9 Å². The van der Waals surface area contributed by atoms with E-state index in [0.29, 0.717) is 17.7 Å². The van der Waals surface area contributed by atoms with Crippen LogP contribution in [0.2, 0.25) is 10.0 Å². The van der Waals surface area contributed by atoms with Crippen molar-refractivity contribution in [3.05, 3.63) is 57.3 Å². The number of ether oxygens (including phenoxy) is 1. The molecule has 4 nitrogen and oxygen atoms in total. The van der Waals surface area contributed by atoms with Gasteiger partial charge in [0.2, 0.25) is 0 Å². The van der Waals surface area contributed by atoms with E-state index in [4.69, 9.17) is 27.9 Å². The number of fused-ring (bicyclic) bond motifs is 1. The van der Waals surface area contributed by atoms with Gasteiger partial charge in [0, 0.05) is 17.8 Å². The number of benzene rings is 2. The molecule has 1 amide bonds. The SMILES string of the molecule is COc1c(Cl)ccc(Cl)c1C(=O)N1CCC(O)c2cc(F)ccc21. The molecule has 3 rings (SSSR count). The highest BCUT2D eigenvalue weighted by atomic mass is 35.5. The molecule has 0 radical (unpaired) electrons. The molecule has 0 saturated carbocycles. The molecule has 0 spiro atoms. The van der Waals surface area contributed by atoms with Gasteiger partial charge in [-0.1, -0.05) is 23.2 Å². The van der Waals surface area contributed by atoms with Crippen molar-refractivity contribution < 1.29 is 19.0 Å². The van der Waals surface area contributed by atoms with Crippen molar-refractivity contribution in [2.45, 2.75) is 12.5 Å². The zero-order valence-corrected chi connectivity index (χ0v) is 14.2. The number of methoxy groups -OCH3 is 1. The summed E-state index contributed by atoms with van der Waals surface area (Å²) in [6.07, 6.45) is -0.528. The van der Waals surface area contributed by atoms with Gasteiger partial charge < -0.3 is 14.7 Å². The number of carbonyl (C=O) groups is 1. The number of amides is 1. The van der Waals surface area contributed by atoms with Crippen molar-refractivity contribution in [1.82, 2.24) is 0 Å². The lowest BCUT2D eigenvalue weighted by molar-refractivity contribution is 0.0967. The summed E-state index contributed by atoms with van der Waals surface area (Å²) in [6.45, 7) is 0.268. The number of aliphatic hydroxyl groups excluding tert-OH is 1. The molecule has 24 heavy (non-hydrogen) atoms. The van der Waals surface area contributed by atoms with Crippen molar-refractivity contribution >= 4 is 34.8 Å². The summed E-state index contributed by atoms with van der Waals surface area (Å²) in [4.78, 5) is 14.5. The molecule has 0 aliphatic carbocycles. The number of aliphatic hydroxyl groups is 1. The topological polar surface area (TPSA) is 49.8 Å². The van der Waals surface area contributed by atoms with Crippen LogP contribution in [0, 0.1) is 5.82 Å². The number of nitrogens with zero attached hydrogens (tertiary/aromatic N) is 1. The van der Waals surface area contributed by atoms with Crippen molar-refractivity contribution in [3.8, 4) is 5.75 Å². The molecule has 0 aromatic heterocycles. The van der Waals surface area contributed by atoms with Crippen LogP contribution in [0.5, 0.6) is 5.75 Å². The first kappa shape index (κ1) is 17.0. The second-order valence-corrected chi connectivity index (χ2v) is 6.22. The first-order chi connectivity index (χ1) is 11.4. The standard InChI is InChI=1S/C17H14Cl2FNO3/c1-24-16-12(19)4-3-11(18)15(16)17(23)21-7-6-14(22)10-8-9(20)2-5-13(10)21/h2-5,8,14,22H,6-7H2,1H3. The van der Waals surface area contributed by atoms with Crippen LogP contribution in [0.25, 0.3) is 0 Å². The maximum absolute atomic E-state index is 13.5. The van der Waals surface area contributed by atoms with Crippen LogP contribution in [0.3, 0.4) is 0 Å². The molecular formula is C17H14Cl2FNO3. The minimum atomic E-state index is -0.823. The van der Waals surface area contributed by atoms with Gasteiger partial charge in [-0.3, -0.25) is 4.79 Å². The van der Waals surface area contributed by atoms with Gasteiger partial charge >= 0.3 is 0 Å². The molecular weight excluding hydrogens is 356 g/mol. The molecule has 126 valence electrons. The Morgan fingerprint density at radius 2 is 2.00 bits per heavy atom. The minimum absolute atomic E-state index is 0.137. The molecule has 0 fully saturated rings. The summed E-state index contributed by atoms with van der Waals surface area (Å²) in [5.74, 6) is -0.705. The predicted molar refractivity (Wildman–Crippen MR) is 90.7 cm³/mol. The van der Waals surface area contributed by atoms with Crippen LogP contribution >= 0.6 is 23.2 Å². The van der Waals surface area contributed by atoms with Crippen LogP contribution in [0.4, 0.5) is 10.1 Å². The number of halogens is 3. The highest BCUT2D eigenvalue weighted by molar-refractivity contribution is 6.38. The molecule has 1 N–H and O–H groups in total. The average molecular weight is 370 g/mol. The normalized spacial score (nSPS) is 16.7. The van der Waals surface area contributed by atoms with Crippen LogP contribution < -0.4 is 9.64 Å². The van der Waals surface area contributed by atoms with Crippen molar-refractivity contribution in [3.63, 3.8) is 0 Å². The fraction of sp³-hybridized carbons (Fsp3) is 0.235. The number of hydrogen-bond acceptors (Lipinski definition) is 3. The Labute approximate surface area is 148 Å². The molecule has 1 aliphatic heterocycles. The second-order valence-electron chi connectivity index (χ2n) is 5.40. The van der Waals surface area contributed by atoms with E-state index in [2.05, 4.69) is 0 Å². The Morgan fingerprint density at radius 1 is 1.29 bits per heavy atom. The fourth-order valence-corrected chi connectivity index (χ4v) is 3.31. The smallest absolute Gasteiger partial charge is 0.263 e. The molecule has 2 aromatic rings. The van der Waals surface area contributed by atoms with Crippen LogP contribution in [0.1, 0.15) is 28.4 Å². The summed E-state index contributed by atoms with van der Waals surface area (Å²) in [7, 11) is 1.40. The van der Waals surface area contributed by atoms with Crippen molar-refractivity contribution in [1.29, 1.82) is 0 Å². The van der Waals surface area contributed by atoms with Crippen LogP contribution in [-0.2, 0) is 0 Å². The molecule has 0 saturated heterocycles. The van der Waals surface area contributed by atoms with E-state index >= 15 is 0 Å². The number of rotatable bonds is 2. The molecule has 1 aliphatic rings. The Kier molecular flexibility index (Phi) is 4.67. The molecule has 1 heterocycles. The van der Waals surface area contributed by atoms with Crippen LogP contribution in [-0.4, -0.2) is 24.7 Å². The predicted octanol–water partition coefficient (Wildman–Crippen LogP) is 4.23. The maximum Gasteiger partial charge on any atom is 0.263 e. The first-order valence-electron chi connectivity index (χ1n) is 7.25. The van der Waals surface area contributed by atoms with Gasteiger partial charge in [0.15, 0.2) is 5.75 Å². The lowest BCUT2D eigenvalue weighted by atomic mass is 9.97. The first-order valence-corrected chi connectivity index (χ1v) is 8.01. The minimum Gasteiger partial charge on any atom is -0.494 e. The third-order valence-corrected chi connectivity index (χ3v) is 4.60.